The molecular weight excluding hydrogens is 614 g/mol. The number of hydrogen-bond acceptors (Lipinski definition) is 1. The molecule has 7 aromatic carbocycles. The first-order chi connectivity index (χ1) is 22.2. The summed E-state index contributed by atoms with van der Waals surface area (Å²) in [7, 11) is 0. The molecule has 2 nitrogen and oxygen atoms in total. The molecule has 1 aromatic heterocycles. The molecule has 1 aliphatic rings. The molecule has 0 bridgehead atoms. The Morgan fingerprint density at radius 1 is 0.467 bits per heavy atom. The molecule has 3 heteroatoms. The van der Waals surface area contributed by atoms with Gasteiger partial charge in [-0.15, -0.1) is 0 Å². The Morgan fingerprint density at radius 3 is 1.73 bits per heavy atom. The van der Waals surface area contributed by atoms with E-state index in [9.17, 15) is 0 Å². The van der Waals surface area contributed by atoms with Crippen LogP contribution in [-0.4, -0.2) is 4.57 Å². The number of alkyl halides is 1. The molecule has 0 aliphatic carbocycles. The molecule has 0 saturated carbocycles. The Balaban J connectivity index is 1.21. The van der Waals surface area contributed by atoms with Crippen molar-refractivity contribution in [2.45, 2.75) is 10.9 Å². The Labute approximate surface area is 270 Å². The molecule has 0 radical (unpaired) electrons. The summed E-state index contributed by atoms with van der Waals surface area (Å²) < 4.78 is 9.04. The molecule has 0 N–H and O–H groups in total. The Kier molecular flexibility index (Phi) is 6.14. The Morgan fingerprint density at radius 2 is 1.07 bits per heavy atom. The molecule has 45 heavy (non-hydrogen) atoms. The fourth-order valence-electron chi connectivity index (χ4n) is 7.00. The van der Waals surface area contributed by atoms with Crippen LogP contribution in [0.15, 0.2) is 158 Å². The number of benzene rings is 7. The van der Waals surface area contributed by atoms with Crippen LogP contribution in [0.2, 0.25) is 0 Å². The van der Waals surface area contributed by atoms with Gasteiger partial charge in [-0.3, -0.25) is 0 Å². The van der Waals surface area contributed by atoms with Crippen LogP contribution >= 0.6 is 15.9 Å². The van der Waals surface area contributed by atoms with Gasteiger partial charge in [0.25, 0.3) is 0 Å². The summed E-state index contributed by atoms with van der Waals surface area (Å²) in [5, 5.41) is 4.94. The third-order valence-electron chi connectivity index (χ3n) is 9.18. The maximum Gasteiger partial charge on any atom is 0.141 e. The highest BCUT2D eigenvalue weighted by Crippen LogP contribution is 2.51. The van der Waals surface area contributed by atoms with Crippen LogP contribution in [0.25, 0.3) is 60.5 Å². The number of ether oxygens (including phenoxy) is 1. The van der Waals surface area contributed by atoms with Crippen molar-refractivity contribution in [3.8, 4) is 33.7 Å². The van der Waals surface area contributed by atoms with Crippen LogP contribution in [-0.2, 0) is 0 Å². The van der Waals surface area contributed by atoms with Crippen molar-refractivity contribution in [1.29, 1.82) is 0 Å². The summed E-state index contributed by atoms with van der Waals surface area (Å²) in [6, 6.07) is 56.6. The fourth-order valence-corrected chi connectivity index (χ4v) is 7.75. The van der Waals surface area contributed by atoms with Gasteiger partial charge in [-0.25, -0.2) is 0 Å². The first-order valence-corrected chi connectivity index (χ1v) is 16.3. The summed E-state index contributed by atoms with van der Waals surface area (Å²) in [5.74, 6) is 0.928. The second kappa shape index (κ2) is 10.5. The van der Waals surface area contributed by atoms with E-state index in [1.165, 1.54) is 66.0 Å². The molecule has 0 fully saturated rings. The van der Waals surface area contributed by atoms with E-state index in [2.05, 4.69) is 178 Å². The van der Waals surface area contributed by atoms with Gasteiger partial charge < -0.3 is 9.30 Å². The topological polar surface area (TPSA) is 14.2 Å². The number of fused-ring (bicyclic) bond motifs is 5. The van der Waals surface area contributed by atoms with Gasteiger partial charge in [-0.2, -0.15) is 0 Å². The average Bonchev–Trinajstić information content (AvgIpc) is 3.61. The maximum atomic E-state index is 6.63. The Bertz CT molecular complexity index is 2270. The van der Waals surface area contributed by atoms with E-state index in [0.717, 1.165) is 11.4 Å². The minimum absolute atomic E-state index is 0.0284. The van der Waals surface area contributed by atoms with Crippen LogP contribution in [0.4, 0.5) is 0 Å². The summed E-state index contributed by atoms with van der Waals surface area (Å²) >= 11 is 4.06. The third kappa shape index (κ3) is 4.30. The van der Waals surface area contributed by atoms with E-state index in [-0.39, 0.29) is 10.9 Å². The molecule has 2 unspecified atom stereocenters. The quantitative estimate of drug-likeness (QED) is 0.174. The molecule has 0 saturated heterocycles. The molecule has 0 amide bonds. The van der Waals surface area contributed by atoms with Gasteiger partial charge in [-0.1, -0.05) is 131 Å². The fraction of sp³-hybridized carbons (Fsp3) is 0.0476. The van der Waals surface area contributed by atoms with Crippen molar-refractivity contribution in [3.05, 3.63) is 169 Å². The lowest BCUT2D eigenvalue weighted by Crippen LogP contribution is -2.06. The summed E-state index contributed by atoms with van der Waals surface area (Å²) in [6.45, 7) is 0. The summed E-state index contributed by atoms with van der Waals surface area (Å²) in [6.07, 6.45) is -0.110. The first-order valence-electron chi connectivity index (χ1n) is 15.3. The highest BCUT2D eigenvalue weighted by Gasteiger charge is 2.35. The number of rotatable bonds is 4. The second-order valence-corrected chi connectivity index (χ2v) is 12.7. The van der Waals surface area contributed by atoms with Crippen molar-refractivity contribution in [2.24, 2.45) is 0 Å². The maximum absolute atomic E-state index is 6.63. The van der Waals surface area contributed by atoms with Crippen molar-refractivity contribution < 1.29 is 4.74 Å². The molecule has 214 valence electrons. The highest BCUT2D eigenvalue weighted by atomic mass is 79.9. The van der Waals surface area contributed by atoms with E-state index in [1.807, 2.05) is 0 Å². The van der Waals surface area contributed by atoms with Crippen LogP contribution in [0.3, 0.4) is 0 Å². The largest absolute Gasteiger partial charge is 0.484 e. The summed E-state index contributed by atoms with van der Waals surface area (Å²) in [5.41, 5.74) is 10.7. The van der Waals surface area contributed by atoms with E-state index in [4.69, 9.17) is 4.74 Å². The predicted octanol–water partition coefficient (Wildman–Crippen LogP) is 11.8. The van der Waals surface area contributed by atoms with E-state index < -0.39 is 0 Å². The van der Waals surface area contributed by atoms with Crippen LogP contribution in [0, 0.1) is 0 Å². The molecular formula is C42H28BrNO. The van der Waals surface area contributed by atoms with Crippen LogP contribution in [0.5, 0.6) is 5.75 Å². The molecule has 1 aliphatic heterocycles. The molecule has 2 heterocycles. The van der Waals surface area contributed by atoms with Gasteiger partial charge in [-0.05, 0) is 75.5 Å². The molecule has 9 rings (SSSR count). The smallest absolute Gasteiger partial charge is 0.141 e. The van der Waals surface area contributed by atoms with Gasteiger partial charge in [0.1, 0.15) is 11.9 Å². The van der Waals surface area contributed by atoms with E-state index in [1.54, 1.807) is 0 Å². The minimum Gasteiger partial charge on any atom is -0.484 e. The normalized spacial score (nSPS) is 15.8. The average molecular weight is 643 g/mol. The lowest BCUT2D eigenvalue weighted by atomic mass is 9.97. The van der Waals surface area contributed by atoms with E-state index in [0.29, 0.717) is 0 Å². The molecule has 8 aromatic rings. The third-order valence-corrected chi connectivity index (χ3v) is 10.2. The van der Waals surface area contributed by atoms with Crippen molar-refractivity contribution in [3.63, 3.8) is 0 Å². The number of nitrogens with zero attached hydrogens (tertiary/aromatic N) is 1. The van der Waals surface area contributed by atoms with Gasteiger partial charge in [0.05, 0.1) is 15.9 Å². The zero-order valence-corrected chi connectivity index (χ0v) is 26.0. The minimum atomic E-state index is -0.110. The van der Waals surface area contributed by atoms with Gasteiger partial charge in [0.15, 0.2) is 0 Å². The number of halogens is 1. The number of aromatic nitrogens is 1. The van der Waals surface area contributed by atoms with Crippen LogP contribution < -0.4 is 4.74 Å². The van der Waals surface area contributed by atoms with Gasteiger partial charge >= 0.3 is 0 Å². The number of hydrogen-bond donors (Lipinski definition) is 0. The lowest BCUT2D eigenvalue weighted by Gasteiger charge is -2.17. The first kappa shape index (κ1) is 26.3. The zero-order chi connectivity index (χ0) is 29.9. The standard InChI is InChI=1S/C42H28BrNO/c43-41-37-26-32(20-23-40(37)45-42(41)34-17-9-15-29-14-7-8-16-33(29)34)44-38-21-18-30(27-10-3-1-4-11-27)24-35(38)36-25-31(19-22-39(36)44)28-12-5-2-6-13-28/h1-26,41-42H. The summed E-state index contributed by atoms with van der Waals surface area (Å²) in [4.78, 5) is 0.0284. The highest BCUT2D eigenvalue weighted by molar-refractivity contribution is 9.09. The van der Waals surface area contributed by atoms with Crippen molar-refractivity contribution in [2.75, 3.05) is 0 Å². The predicted molar refractivity (Wildman–Crippen MR) is 191 cm³/mol. The monoisotopic (exact) mass is 641 g/mol. The van der Waals surface area contributed by atoms with Crippen LogP contribution in [0.1, 0.15) is 22.1 Å². The molecule has 0 spiro atoms. The zero-order valence-electron chi connectivity index (χ0n) is 24.4. The molecule has 2 atom stereocenters. The van der Waals surface area contributed by atoms with Gasteiger partial charge in [0.2, 0.25) is 0 Å². The Hall–Kier alpha value is -5.12. The second-order valence-electron chi connectivity index (χ2n) is 11.8. The van der Waals surface area contributed by atoms with E-state index >= 15 is 0 Å². The van der Waals surface area contributed by atoms with Crippen molar-refractivity contribution >= 4 is 48.5 Å². The van der Waals surface area contributed by atoms with Crippen molar-refractivity contribution in [1.82, 2.24) is 4.57 Å². The lowest BCUT2D eigenvalue weighted by molar-refractivity contribution is 0.239. The van der Waals surface area contributed by atoms with Gasteiger partial charge in [0, 0.05) is 27.6 Å². The SMILES string of the molecule is BrC1c2cc(-n3c4ccc(-c5ccccc5)cc4c4cc(-c5ccccc5)ccc43)ccc2OC1c1cccc2ccccc12.